The maximum absolute atomic E-state index is 13.1. The number of anilines is 1. The summed E-state index contributed by atoms with van der Waals surface area (Å²) in [4.78, 5) is 0. The van der Waals surface area contributed by atoms with E-state index in [4.69, 9.17) is 0 Å². The van der Waals surface area contributed by atoms with Crippen molar-refractivity contribution < 1.29 is 4.39 Å². The maximum atomic E-state index is 13.1. The van der Waals surface area contributed by atoms with Gasteiger partial charge in [-0.3, -0.25) is 5.10 Å². The van der Waals surface area contributed by atoms with Crippen LogP contribution in [0, 0.1) is 5.82 Å². The zero-order chi connectivity index (χ0) is 8.55. The second kappa shape index (κ2) is 2.48. The van der Waals surface area contributed by atoms with Crippen LogP contribution in [0.15, 0.2) is 18.3 Å². The van der Waals surface area contributed by atoms with Gasteiger partial charge in [0, 0.05) is 12.4 Å². The van der Waals surface area contributed by atoms with Crippen molar-refractivity contribution in [3.63, 3.8) is 0 Å². The standard InChI is InChI=1S/C8H8FN3/c1-10-8-6(9)3-2-5-4-11-12-7(5)8/h2-4,10H,1H3,(H,11,12). The molecule has 0 aliphatic rings. The summed E-state index contributed by atoms with van der Waals surface area (Å²) in [6.45, 7) is 0. The fourth-order valence-corrected chi connectivity index (χ4v) is 1.23. The summed E-state index contributed by atoms with van der Waals surface area (Å²) >= 11 is 0. The third-order valence-corrected chi connectivity index (χ3v) is 1.82. The Morgan fingerprint density at radius 2 is 2.33 bits per heavy atom. The summed E-state index contributed by atoms with van der Waals surface area (Å²) in [6, 6.07) is 3.11. The molecule has 0 atom stereocenters. The summed E-state index contributed by atoms with van der Waals surface area (Å²) in [5.74, 6) is -0.269. The molecule has 1 aromatic heterocycles. The van der Waals surface area contributed by atoms with E-state index in [1.165, 1.54) is 6.07 Å². The molecule has 0 saturated heterocycles. The van der Waals surface area contributed by atoms with Crippen molar-refractivity contribution in [2.45, 2.75) is 0 Å². The molecule has 0 saturated carbocycles. The molecule has 2 aromatic rings. The van der Waals surface area contributed by atoms with E-state index in [0.29, 0.717) is 11.2 Å². The second-order valence-electron chi connectivity index (χ2n) is 2.51. The molecule has 3 nitrogen and oxygen atoms in total. The molecule has 0 unspecified atom stereocenters. The van der Waals surface area contributed by atoms with E-state index in [2.05, 4.69) is 15.5 Å². The van der Waals surface area contributed by atoms with Gasteiger partial charge in [0.1, 0.15) is 5.82 Å². The van der Waals surface area contributed by atoms with Crippen LogP contribution in [0.4, 0.5) is 10.1 Å². The number of halogens is 1. The van der Waals surface area contributed by atoms with Crippen LogP contribution in [0.3, 0.4) is 0 Å². The van der Waals surface area contributed by atoms with Crippen LogP contribution in [-0.2, 0) is 0 Å². The minimum absolute atomic E-state index is 0.269. The van der Waals surface area contributed by atoms with Crippen LogP contribution in [0.1, 0.15) is 0 Å². The number of nitrogens with one attached hydrogen (secondary N) is 2. The first-order valence-corrected chi connectivity index (χ1v) is 3.62. The molecule has 0 amide bonds. The van der Waals surface area contributed by atoms with Gasteiger partial charge in [0.05, 0.1) is 17.4 Å². The quantitative estimate of drug-likeness (QED) is 0.675. The van der Waals surface area contributed by atoms with E-state index < -0.39 is 0 Å². The molecule has 4 heteroatoms. The number of nitrogens with zero attached hydrogens (tertiary/aromatic N) is 1. The molecule has 1 aromatic carbocycles. The Bertz CT molecular complexity index is 408. The number of H-pyrrole nitrogens is 1. The molecule has 2 N–H and O–H groups in total. The lowest BCUT2D eigenvalue weighted by Gasteiger charge is -2.01. The summed E-state index contributed by atoms with van der Waals surface area (Å²) < 4.78 is 13.1. The predicted molar refractivity (Wildman–Crippen MR) is 45.6 cm³/mol. The molecule has 0 bridgehead atoms. The highest BCUT2D eigenvalue weighted by molar-refractivity contribution is 5.90. The van der Waals surface area contributed by atoms with Crippen LogP contribution < -0.4 is 5.32 Å². The van der Waals surface area contributed by atoms with Gasteiger partial charge in [-0.25, -0.2) is 4.39 Å². The van der Waals surface area contributed by atoms with Crippen LogP contribution >= 0.6 is 0 Å². The first kappa shape index (κ1) is 7.09. The largest absolute Gasteiger partial charge is 0.384 e. The number of rotatable bonds is 1. The van der Waals surface area contributed by atoms with Gasteiger partial charge in [-0.15, -0.1) is 0 Å². The van der Waals surface area contributed by atoms with Crippen LogP contribution in [0.5, 0.6) is 0 Å². The Morgan fingerprint density at radius 3 is 3.08 bits per heavy atom. The highest BCUT2D eigenvalue weighted by atomic mass is 19.1. The van der Waals surface area contributed by atoms with Gasteiger partial charge in [-0.05, 0) is 12.1 Å². The van der Waals surface area contributed by atoms with Crippen molar-refractivity contribution in [3.8, 4) is 0 Å². The minimum Gasteiger partial charge on any atom is -0.384 e. The highest BCUT2D eigenvalue weighted by Gasteiger charge is 2.06. The van der Waals surface area contributed by atoms with Gasteiger partial charge in [0.25, 0.3) is 0 Å². The van der Waals surface area contributed by atoms with E-state index >= 15 is 0 Å². The van der Waals surface area contributed by atoms with Crippen molar-refractivity contribution >= 4 is 16.6 Å². The number of benzene rings is 1. The molecule has 0 aliphatic heterocycles. The smallest absolute Gasteiger partial charge is 0.148 e. The number of aromatic amines is 1. The third-order valence-electron chi connectivity index (χ3n) is 1.82. The van der Waals surface area contributed by atoms with Crippen molar-refractivity contribution in [2.75, 3.05) is 12.4 Å². The molecule has 0 aliphatic carbocycles. The molecule has 0 fully saturated rings. The molecule has 1 heterocycles. The number of hydrogen-bond acceptors (Lipinski definition) is 2. The van der Waals surface area contributed by atoms with Crippen molar-refractivity contribution in [3.05, 3.63) is 24.1 Å². The van der Waals surface area contributed by atoms with Crippen molar-refractivity contribution in [1.29, 1.82) is 0 Å². The normalized spacial score (nSPS) is 10.5. The van der Waals surface area contributed by atoms with E-state index in [-0.39, 0.29) is 5.82 Å². The fourth-order valence-electron chi connectivity index (χ4n) is 1.23. The summed E-state index contributed by atoms with van der Waals surface area (Å²) in [5.41, 5.74) is 1.17. The topological polar surface area (TPSA) is 40.7 Å². The number of aromatic nitrogens is 2. The Kier molecular flexibility index (Phi) is 1.46. The molecular formula is C8H8FN3. The summed E-state index contributed by atoms with van der Waals surface area (Å²) in [7, 11) is 1.68. The Hall–Kier alpha value is -1.58. The highest BCUT2D eigenvalue weighted by Crippen LogP contribution is 2.23. The Balaban J connectivity index is 2.83. The third kappa shape index (κ3) is 0.845. The maximum Gasteiger partial charge on any atom is 0.148 e. The van der Waals surface area contributed by atoms with E-state index in [1.807, 2.05) is 0 Å². The number of fused-ring (bicyclic) bond motifs is 1. The lowest BCUT2D eigenvalue weighted by Crippen LogP contribution is -1.93. The van der Waals surface area contributed by atoms with Gasteiger partial charge in [-0.2, -0.15) is 5.10 Å². The summed E-state index contributed by atoms with van der Waals surface area (Å²) in [5, 5.41) is 10.2. The lowest BCUT2D eigenvalue weighted by molar-refractivity contribution is 0.633. The first-order chi connectivity index (χ1) is 5.83. The zero-order valence-corrected chi connectivity index (χ0v) is 6.56. The Labute approximate surface area is 68.6 Å². The molecule has 2 rings (SSSR count). The monoisotopic (exact) mass is 165 g/mol. The number of hydrogen-bond donors (Lipinski definition) is 2. The van der Waals surface area contributed by atoms with E-state index in [9.17, 15) is 4.39 Å². The molecule has 12 heavy (non-hydrogen) atoms. The van der Waals surface area contributed by atoms with E-state index in [0.717, 1.165) is 5.39 Å². The molecule has 0 radical (unpaired) electrons. The van der Waals surface area contributed by atoms with Gasteiger partial charge < -0.3 is 5.32 Å². The first-order valence-electron chi connectivity index (χ1n) is 3.62. The van der Waals surface area contributed by atoms with Gasteiger partial charge >= 0.3 is 0 Å². The van der Waals surface area contributed by atoms with Crippen LogP contribution in [-0.4, -0.2) is 17.2 Å². The molecule has 0 spiro atoms. The average Bonchev–Trinajstić information content (AvgIpc) is 2.52. The summed E-state index contributed by atoms with van der Waals surface area (Å²) in [6.07, 6.45) is 1.66. The minimum atomic E-state index is -0.269. The van der Waals surface area contributed by atoms with Gasteiger partial charge in [-0.1, -0.05) is 0 Å². The second-order valence-corrected chi connectivity index (χ2v) is 2.51. The van der Waals surface area contributed by atoms with Gasteiger partial charge in [0.15, 0.2) is 0 Å². The average molecular weight is 165 g/mol. The Morgan fingerprint density at radius 1 is 1.50 bits per heavy atom. The zero-order valence-electron chi connectivity index (χ0n) is 6.56. The van der Waals surface area contributed by atoms with Crippen molar-refractivity contribution in [2.24, 2.45) is 0 Å². The molecular weight excluding hydrogens is 157 g/mol. The van der Waals surface area contributed by atoms with E-state index in [1.54, 1.807) is 19.3 Å². The van der Waals surface area contributed by atoms with Crippen LogP contribution in [0.2, 0.25) is 0 Å². The predicted octanol–water partition coefficient (Wildman–Crippen LogP) is 1.74. The fraction of sp³-hybridized carbons (Fsp3) is 0.125. The van der Waals surface area contributed by atoms with Gasteiger partial charge in [0.2, 0.25) is 0 Å². The van der Waals surface area contributed by atoms with Crippen LogP contribution in [0.25, 0.3) is 10.9 Å². The van der Waals surface area contributed by atoms with Crippen molar-refractivity contribution in [1.82, 2.24) is 10.2 Å². The SMILES string of the molecule is CNc1c(F)ccc2cn[nH]c12. The molecule has 62 valence electrons. The lowest BCUT2D eigenvalue weighted by atomic mass is 10.2.